The molecular weight excluding hydrogens is 382 g/mol. The van der Waals surface area contributed by atoms with E-state index in [2.05, 4.69) is 10.5 Å². The molecule has 0 bridgehead atoms. The number of amides is 1. The van der Waals surface area contributed by atoms with Gasteiger partial charge in [0.2, 0.25) is 10.0 Å². The molecule has 2 aromatic rings. The van der Waals surface area contributed by atoms with Crippen LogP contribution in [0.15, 0.2) is 53.6 Å². The third-order valence-corrected chi connectivity index (χ3v) is 5.15. The predicted molar refractivity (Wildman–Crippen MR) is 109 cm³/mol. The first-order valence-electron chi connectivity index (χ1n) is 8.38. The molecule has 0 aliphatic carbocycles. The van der Waals surface area contributed by atoms with E-state index in [4.69, 9.17) is 9.47 Å². The maximum atomic E-state index is 12.5. The molecule has 0 spiro atoms. The van der Waals surface area contributed by atoms with Crippen LogP contribution in [0.5, 0.6) is 11.5 Å². The molecular formula is C19H23N3O5S. The molecule has 0 heterocycles. The first-order valence-corrected chi connectivity index (χ1v) is 10.2. The summed E-state index contributed by atoms with van der Waals surface area (Å²) >= 11 is 0. The molecule has 1 atom stereocenters. The van der Waals surface area contributed by atoms with E-state index in [9.17, 15) is 13.2 Å². The molecule has 0 aliphatic heterocycles. The summed E-state index contributed by atoms with van der Waals surface area (Å²) in [4.78, 5) is 12.5. The van der Waals surface area contributed by atoms with Crippen molar-refractivity contribution >= 4 is 27.8 Å². The molecule has 8 nitrogen and oxygen atoms in total. The first-order chi connectivity index (χ1) is 13.3. The zero-order valence-corrected chi connectivity index (χ0v) is 16.9. The van der Waals surface area contributed by atoms with Crippen LogP contribution in [-0.2, 0) is 14.8 Å². The van der Waals surface area contributed by atoms with Gasteiger partial charge in [0, 0.05) is 5.56 Å². The van der Waals surface area contributed by atoms with Crippen LogP contribution in [0.1, 0.15) is 12.5 Å². The van der Waals surface area contributed by atoms with Gasteiger partial charge >= 0.3 is 0 Å². The Hall–Kier alpha value is -3.07. The molecule has 1 amide bonds. The maximum absolute atomic E-state index is 12.5. The summed E-state index contributed by atoms with van der Waals surface area (Å²) < 4.78 is 36.0. The van der Waals surface area contributed by atoms with Crippen molar-refractivity contribution in [3.63, 3.8) is 0 Å². The summed E-state index contributed by atoms with van der Waals surface area (Å²) in [6.45, 7) is 1.49. The van der Waals surface area contributed by atoms with Gasteiger partial charge in [-0.2, -0.15) is 5.10 Å². The second-order valence-corrected chi connectivity index (χ2v) is 7.75. The van der Waals surface area contributed by atoms with E-state index in [1.54, 1.807) is 48.5 Å². The minimum atomic E-state index is -3.67. The number of carbonyl (C=O) groups is 1. The molecule has 0 saturated carbocycles. The van der Waals surface area contributed by atoms with E-state index in [-0.39, 0.29) is 0 Å². The Morgan fingerprint density at radius 1 is 1.11 bits per heavy atom. The summed E-state index contributed by atoms with van der Waals surface area (Å²) in [5.74, 6) is 0.420. The molecule has 2 aromatic carbocycles. The molecule has 1 N–H and O–H groups in total. The van der Waals surface area contributed by atoms with E-state index in [0.717, 1.165) is 10.6 Å². The Bertz CT molecular complexity index is 945. The van der Waals surface area contributed by atoms with Gasteiger partial charge in [-0.1, -0.05) is 24.3 Å². The molecule has 0 fully saturated rings. The van der Waals surface area contributed by atoms with Crippen LogP contribution >= 0.6 is 0 Å². The van der Waals surface area contributed by atoms with Gasteiger partial charge in [-0.05, 0) is 31.2 Å². The highest BCUT2D eigenvalue weighted by Crippen LogP contribution is 2.29. The van der Waals surface area contributed by atoms with Crippen LogP contribution in [0.2, 0.25) is 0 Å². The largest absolute Gasteiger partial charge is 0.493 e. The number of para-hydroxylation sites is 2. The quantitative estimate of drug-likeness (QED) is 0.535. The second kappa shape index (κ2) is 9.23. The highest BCUT2D eigenvalue weighted by molar-refractivity contribution is 7.92. The third-order valence-electron chi connectivity index (χ3n) is 3.91. The minimum Gasteiger partial charge on any atom is -0.493 e. The average molecular weight is 405 g/mol. The van der Waals surface area contributed by atoms with E-state index < -0.39 is 22.0 Å². The van der Waals surface area contributed by atoms with Crippen molar-refractivity contribution < 1.29 is 22.7 Å². The Balaban J connectivity index is 2.19. The van der Waals surface area contributed by atoms with Crippen molar-refractivity contribution in [1.29, 1.82) is 0 Å². The number of sulfonamides is 1. The second-order valence-electron chi connectivity index (χ2n) is 5.89. The molecule has 0 aromatic heterocycles. The lowest BCUT2D eigenvalue weighted by atomic mass is 10.2. The van der Waals surface area contributed by atoms with Gasteiger partial charge in [0.1, 0.15) is 6.04 Å². The lowest BCUT2D eigenvalue weighted by Crippen LogP contribution is -2.46. The van der Waals surface area contributed by atoms with Crippen molar-refractivity contribution in [2.24, 2.45) is 5.10 Å². The fourth-order valence-electron chi connectivity index (χ4n) is 2.66. The number of anilines is 1. The van der Waals surface area contributed by atoms with Crippen LogP contribution in [-0.4, -0.2) is 47.1 Å². The van der Waals surface area contributed by atoms with Crippen LogP contribution in [0.3, 0.4) is 0 Å². The van der Waals surface area contributed by atoms with Gasteiger partial charge < -0.3 is 9.47 Å². The van der Waals surface area contributed by atoms with E-state index in [0.29, 0.717) is 22.7 Å². The summed E-state index contributed by atoms with van der Waals surface area (Å²) in [7, 11) is -0.656. The number of methoxy groups -OCH3 is 2. The number of hydrogen-bond acceptors (Lipinski definition) is 6. The number of hydrazone groups is 1. The smallest absolute Gasteiger partial charge is 0.263 e. The summed E-state index contributed by atoms with van der Waals surface area (Å²) in [6.07, 6.45) is 2.45. The van der Waals surface area contributed by atoms with Crippen molar-refractivity contribution in [2.45, 2.75) is 13.0 Å². The zero-order valence-electron chi connectivity index (χ0n) is 16.1. The van der Waals surface area contributed by atoms with Gasteiger partial charge in [-0.25, -0.2) is 13.8 Å². The Morgan fingerprint density at radius 2 is 1.79 bits per heavy atom. The zero-order chi connectivity index (χ0) is 20.7. The number of hydrogen-bond donors (Lipinski definition) is 1. The molecule has 28 heavy (non-hydrogen) atoms. The van der Waals surface area contributed by atoms with Crippen molar-refractivity contribution in [1.82, 2.24) is 5.43 Å². The van der Waals surface area contributed by atoms with Gasteiger partial charge in [-0.15, -0.1) is 0 Å². The number of carbonyl (C=O) groups excluding carboxylic acids is 1. The van der Waals surface area contributed by atoms with Crippen molar-refractivity contribution in [3.8, 4) is 11.5 Å². The lowest BCUT2D eigenvalue weighted by molar-refractivity contribution is -0.121. The molecule has 0 unspecified atom stereocenters. The minimum absolute atomic E-state index is 0.395. The highest BCUT2D eigenvalue weighted by Gasteiger charge is 2.28. The van der Waals surface area contributed by atoms with Gasteiger partial charge in [-0.3, -0.25) is 9.10 Å². The number of benzene rings is 2. The number of nitrogens with one attached hydrogen (secondary N) is 1. The molecule has 2 rings (SSSR count). The Labute approximate surface area is 164 Å². The van der Waals surface area contributed by atoms with Gasteiger partial charge in [0.25, 0.3) is 5.91 Å². The van der Waals surface area contributed by atoms with Crippen LogP contribution in [0.4, 0.5) is 5.69 Å². The fraction of sp³-hybridized carbons (Fsp3) is 0.263. The van der Waals surface area contributed by atoms with Crippen molar-refractivity contribution in [2.75, 3.05) is 24.8 Å². The average Bonchev–Trinajstić information content (AvgIpc) is 2.67. The molecule has 0 aliphatic rings. The standard InChI is InChI=1S/C19H23N3O5S/c1-14(22(28(4,24)25)16-10-6-5-7-11-16)19(23)21-20-13-15-9-8-12-17(26-2)18(15)27-3/h5-14H,1-4H3,(H,21,23)/b20-13-/t14-/m1/s1. The summed E-state index contributed by atoms with van der Waals surface area (Å²) in [5, 5.41) is 3.92. The number of nitrogens with zero attached hydrogens (tertiary/aromatic N) is 2. The summed E-state index contributed by atoms with van der Waals surface area (Å²) in [6, 6.07) is 12.6. The van der Waals surface area contributed by atoms with E-state index in [1.807, 2.05) is 0 Å². The topological polar surface area (TPSA) is 97.3 Å². The van der Waals surface area contributed by atoms with Crippen LogP contribution < -0.4 is 19.2 Å². The Kier molecular flexibility index (Phi) is 7.00. The SMILES string of the molecule is COc1cccc(/C=N\NC(=O)[C@@H](C)N(c2ccccc2)S(C)(=O)=O)c1OC. The molecule has 0 saturated heterocycles. The predicted octanol–water partition coefficient (Wildman–Crippen LogP) is 2.01. The highest BCUT2D eigenvalue weighted by atomic mass is 32.2. The summed E-state index contributed by atoms with van der Waals surface area (Å²) in [5.41, 5.74) is 3.36. The number of ether oxygens (including phenoxy) is 2. The Morgan fingerprint density at radius 3 is 2.36 bits per heavy atom. The number of rotatable bonds is 8. The van der Waals surface area contributed by atoms with E-state index >= 15 is 0 Å². The molecule has 9 heteroatoms. The monoisotopic (exact) mass is 405 g/mol. The van der Waals surface area contributed by atoms with Gasteiger partial charge in [0.15, 0.2) is 11.5 Å². The maximum Gasteiger partial charge on any atom is 0.263 e. The normalized spacial score (nSPS) is 12.4. The molecule has 150 valence electrons. The lowest BCUT2D eigenvalue weighted by Gasteiger charge is -2.27. The van der Waals surface area contributed by atoms with E-state index in [1.165, 1.54) is 27.4 Å². The first kappa shape index (κ1) is 21.2. The van der Waals surface area contributed by atoms with Gasteiger partial charge in [0.05, 0.1) is 32.4 Å². The third kappa shape index (κ3) is 5.01. The van der Waals surface area contributed by atoms with Crippen LogP contribution in [0.25, 0.3) is 0 Å². The molecule has 0 radical (unpaired) electrons. The van der Waals surface area contributed by atoms with Crippen molar-refractivity contribution in [3.05, 3.63) is 54.1 Å². The fourth-order valence-corrected chi connectivity index (χ4v) is 3.83. The van der Waals surface area contributed by atoms with Crippen LogP contribution in [0, 0.1) is 0 Å².